The van der Waals surface area contributed by atoms with E-state index in [0.717, 1.165) is 51.5 Å². The number of hydrogen-bond acceptors (Lipinski definition) is 4. The Hall–Kier alpha value is -1.12. The topological polar surface area (TPSA) is 76.4 Å². The number of aliphatic hydroxyl groups is 1. The van der Waals surface area contributed by atoms with E-state index in [1.807, 2.05) is 0 Å². The third-order valence-electron chi connectivity index (χ3n) is 7.88. The van der Waals surface area contributed by atoms with Gasteiger partial charge in [0.1, 0.15) is 6.04 Å². The van der Waals surface area contributed by atoms with Gasteiger partial charge in [0.05, 0.1) is 18.2 Å². The molecule has 1 saturated heterocycles. The maximum absolute atomic E-state index is 12.5. The van der Waals surface area contributed by atoms with E-state index in [1.165, 1.54) is 6.42 Å². The number of likely N-dealkylation sites (tertiary alicyclic amines) is 1. The Balaban J connectivity index is 1.29. The highest BCUT2D eigenvalue weighted by atomic mass is 16.3. The molecule has 2 N–H and O–H groups in total. The van der Waals surface area contributed by atoms with Crippen molar-refractivity contribution in [3.63, 3.8) is 0 Å². The monoisotopic (exact) mass is 315 g/mol. The number of amides is 1. The lowest BCUT2D eigenvalue weighted by Gasteiger charge is -2.55. The van der Waals surface area contributed by atoms with Crippen LogP contribution in [0.3, 0.4) is 0 Å². The van der Waals surface area contributed by atoms with Crippen molar-refractivity contribution in [3.05, 3.63) is 0 Å². The second kappa shape index (κ2) is 4.29. The van der Waals surface area contributed by atoms with E-state index >= 15 is 0 Å². The molecule has 4 aliphatic carbocycles. The van der Waals surface area contributed by atoms with E-state index in [-0.39, 0.29) is 22.9 Å². The lowest BCUT2D eigenvalue weighted by Crippen LogP contribution is -2.58. The van der Waals surface area contributed by atoms with Gasteiger partial charge in [-0.3, -0.25) is 4.79 Å². The Bertz CT molecular complexity index is 612. The summed E-state index contributed by atoms with van der Waals surface area (Å²) in [5, 5.41) is 23.7. The second-order valence-corrected chi connectivity index (χ2v) is 8.96. The molecule has 5 fully saturated rings. The van der Waals surface area contributed by atoms with Gasteiger partial charge in [0.15, 0.2) is 0 Å². The van der Waals surface area contributed by atoms with Crippen molar-refractivity contribution in [2.45, 2.75) is 68.5 Å². The zero-order chi connectivity index (χ0) is 15.9. The summed E-state index contributed by atoms with van der Waals surface area (Å²) < 4.78 is 0. The van der Waals surface area contributed by atoms with Crippen LogP contribution < -0.4 is 5.32 Å². The first kappa shape index (κ1) is 14.2. The van der Waals surface area contributed by atoms with Gasteiger partial charge in [-0.05, 0) is 63.2 Å². The maximum Gasteiger partial charge on any atom is 0.237 e. The molecular weight excluding hydrogens is 290 g/mol. The van der Waals surface area contributed by atoms with E-state index in [9.17, 15) is 9.90 Å². The molecule has 1 heterocycles. The normalized spacial score (nSPS) is 52.3. The minimum atomic E-state index is -0.396. The Morgan fingerprint density at radius 2 is 2.17 bits per heavy atom. The van der Waals surface area contributed by atoms with E-state index in [1.54, 1.807) is 4.90 Å². The Morgan fingerprint density at radius 1 is 1.30 bits per heavy atom. The van der Waals surface area contributed by atoms with Gasteiger partial charge in [-0.2, -0.15) is 5.26 Å². The average molecular weight is 315 g/mol. The van der Waals surface area contributed by atoms with Crippen LogP contribution in [0.25, 0.3) is 0 Å². The lowest BCUT2D eigenvalue weighted by molar-refractivity contribution is -0.176. The van der Waals surface area contributed by atoms with Gasteiger partial charge in [-0.15, -0.1) is 0 Å². The summed E-state index contributed by atoms with van der Waals surface area (Å²) in [5.41, 5.74) is -0.173. The quantitative estimate of drug-likeness (QED) is 0.820. The molecule has 3 bridgehead atoms. The minimum absolute atomic E-state index is 0.0616. The number of fused-ring (bicyclic) bond motifs is 2. The van der Waals surface area contributed by atoms with Gasteiger partial charge in [0, 0.05) is 17.5 Å². The SMILES string of the molecule is N#C[C@@H]1CCCN1C(=O)CNC12CC3CC4(O)CC(C1)C4(C3)C2. The largest absolute Gasteiger partial charge is 0.389 e. The second-order valence-electron chi connectivity index (χ2n) is 8.96. The summed E-state index contributed by atoms with van der Waals surface area (Å²) in [6, 6.07) is 2.02. The fraction of sp³-hybridized carbons (Fsp3) is 0.889. The Kier molecular flexibility index (Phi) is 2.65. The van der Waals surface area contributed by atoms with Crippen LogP contribution in [0.1, 0.15) is 51.4 Å². The minimum Gasteiger partial charge on any atom is -0.389 e. The molecule has 5 unspecified atom stereocenters. The van der Waals surface area contributed by atoms with Crippen molar-refractivity contribution in [1.82, 2.24) is 10.2 Å². The first-order chi connectivity index (χ1) is 11.0. The molecular formula is C18H25N3O2. The molecule has 0 radical (unpaired) electrons. The van der Waals surface area contributed by atoms with E-state index < -0.39 is 5.60 Å². The first-order valence-electron chi connectivity index (χ1n) is 9.16. The van der Waals surface area contributed by atoms with E-state index in [2.05, 4.69) is 11.4 Å². The highest BCUT2D eigenvalue weighted by Crippen LogP contribution is 2.77. The van der Waals surface area contributed by atoms with Crippen molar-refractivity contribution in [1.29, 1.82) is 5.26 Å². The number of nitriles is 1. The molecule has 23 heavy (non-hydrogen) atoms. The Labute approximate surface area is 137 Å². The van der Waals surface area contributed by atoms with Crippen LogP contribution >= 0.6 is 0 Å². The van der Waals surface area contributed by atoms with Gasteiger partial charge in [0.2, 0.25) is 5.91 Å². The van der Waals surface area contributed by atoms with Crippen molar-refractivity contribution < 1.29 is 9.90 Å². The van der Waals surface area contributed by atoms with Crippen LogP contribution in [-0.4, -0.2) is 46.2 Å². The smallest absolute Gasteiger partial charge is 0.237 e. The zero-order valence-electron chi connectivity index (χ0n) is 13.6. The van der Waals surface area contributed by atoms with Crippen LogP contribution in [-0.2, 0) is 4.79 Å². The third-order valence-corrected chi connectivity index (χ3v) is 7.88. The lowest BCUT2D eigenvalue weighted by atomic mass is 9.53. The maximum atomic E-state index is 12.5. The van der Waals surface area contributed by atoms with Crippen LogP contribution in [0, 0.1) is 28.6 Å². The van der Waals surface area contributed by atoms with Crippen LogP contribution in [0.15, 0.2) is 0 Å². The molecule has 6 atom stereocenters. The summed E-state index contributed by atoms with van der Waals surface area (Å²) in [6.45, 7) is 1.08. The van der Waals surface area contributed by atoms with Crippen molar-refractivity contribution >= 4 is 5.91 Å². The molecule has 124 valence electrons. The van der Waals surface area contributed by atoms with Gasteiger partial charge in [-0.25, -0.2) is 0 Å². The summed E-state index contributed by atoms with van der Waals surface area (Å²) in [4.78, 5) is 14.3. The van der Waals surface area contributed by atoms with Crippen molar-refractivity contribution in [2.75, 3.05) is 13.1 Å². The summed E-state index contributed by atoms with van der Waals surface area (Å²) in [6.07, 6.45) is 8.19. The molecule has 5 nitrogen and oxygen atoms in total. The third kappa shape index (κ3) is 1.66. The number of carbonyl (C=O) groups excluding carboxylic acids is 1. The van der Waals surface area contributed by atoms with Gasteiger partial charge in [0.25, 0.3) is 0 Å². The number of rotatable bonds is 3. The van der Waals surface area contributed by atoms with Gasteiger partial charge in [-0.1, -0.05) is 0 Å². The van der Waals surface area contributed by atoms with Crippen molar-refractivity contribution in [2.24, 2.45) is 17.3 Å². The molecule has 5 heteroatoms. The first-order valence-corrected chi connectivity index (χ1v) is 9.16. The molecule has 1 aliphatic heterocycles. The standard InChI is InChI=1S/C18H25N3O2/c19-9-14-2-1-3-21(14)15(22)10-20-16-4-12-5-17(11-16)13(7-16)8-18(17,23)6-12/h12-14,20,23H,1-8,10-11H2/t12?,13?,14-,16?,17?,18?/m0/s1. The molecule has 4 saturated carbocycles. The van der Waals surface area contributed by atoms with Gasteiger partial charge >= 0.3 is 0 Å². The highest BCUT2D eigenvalue weighted by Gasteiger charge is 2.77. The molecule has 5 rings (SSSR count). The predicted molar refractivity (Wildman–Crippen MR) is 83.1 cm³/mol. The van der Waals surface area contributed by atoms with Crippen LogP contribution in [0.2, 0.25) is 0 Å². The molecule has 5 aliphatic rings. The van der Waals surface area contributed by atoms with Crippen LogP contribution in [0.4, 0.5) is 0 Å². The predicted octanol–water partition coefficient (Wildman–Crippen LogP) is 1.17. The molecule has 0 aromatic heterocycles. The molecule has 0 aromatic rings. The molecule has 1 spiro atoms. The van der Waals surface area contributed by atoms with Gasteiger partial charge < -0.3 is 15.3 Å². The van der Waals surface area contributed by atoms with Crippen LogP contribution in [0.5, 0.6) is 0 Å². The fourth-order valence-electron chi connectivity index (χ4n) is 7.18. The van der Waals surface area contributed by atoms with Crippen molar-refractivity contribution in [3.8, 4) is 6.07 Å². The number of nitrogens with zero attached hydrogens (tertiary/aromatic N) is 2. The fourth-order valence-corrected chi connectivity index (χ4v) is 7.18. The summed E-state index contributed by atoms with van der Waals surface area (Å²) in [5.74, 6) is 1.36. The van der Waals surface area contributed by atoms with E-state index in [0.29, 0.717) is 18.4 Å². The molecule has 0 aromatic carbocycles. The average Bonchev–Trinajstić information content (AvgIpc) is 3.10. The summed E-state index contributed by atoms with van der Waals surface area (Å²) in [7, 11) is 0. The van der Waals surface area contributed by atoms with E-state index in [4.69, 9.17) is 5.26 Å². The molecule has 1 amide bonds. The highest BCUT2D eigenvalue weighted by molar-refractivity contribution is 5.79. The number of carbonyl (C=O) groups is 1. The number of hydrogen-bond donors (Lipinski definition) is 2. The summed E-state index contributed by atoms with van der Waals surface area (Å²) >= 11 is 0. The number of nitrogens with one attached hydrogen (secondary N) is 1. The zero-order valence-corrected chi connectivity index (χ0v) is 13.6. The Morgan fingerprint density at radius 3 is 3.00 bits per heavy atom.